The molecule has 3 aromatic heterocycles. The third-order valence-corrected chi connectivity index (χ3v) is 3.50. The summed E-state index contributed by atoms with van der Waals surface area (Å²) in [5.74, 6) is 0.597. The predicted octanol–water partition coefficient (Wildman–Crippen LogP) is 3.18. The van der Waals surface area contributed by atoms with Crippen LogP contribution >= 0.6 is 0 Å². The van der Waals surface area contributed by atoms with Crippen LogP contribution in [0.25, 0.3) is 33.2 Å². The number of nitrogens with one attached hydrogen (secondary N) is 1. The van der Waals surface area contributed by atoms with Gasteiger partial charge in [-0.2, -0.15) is 4.98 Å². The van der Waals surface area contributed by atoms with Gasteiger partial charge in [0.25, 0.3) is 0 Å². The average molecular weight is 276 g/mol. The lowest BCUT2D eigenvalue weighted by atomic mass is 10.1. The smallest absolute Gasteiger partial charge is 0.214 e. The molecule has 0 saturated carbocycles. The molecule has 0 aliphatic carbocycles. The van der Waals surface area contributed by atoms with Crippen LogP contribution in [0.2, 0.25) is 0 Å². The van der Waals surface area contributed by atoms with Crippen LogP contribution in [0.4, 0.5) is 0 Å². The number of benzene rings is 1. The van der Waals surface area contributed by atoms with E-state index in [1.807, 2.05) is 36.5 Å². The molecule has 0 aliphatic rings. The Balaban J connectivity index is 1.91. The molecule has 21 heavy (non-hydrogen) atoms. The van der Waals surface area contributed by atoms with Crippen LogP contribution in [-0.2, 0) is 0 Å². The second-order valence-corrected chi connectivity index (χ2v) is 4.71. The monoisotopic (exact) mass is 276 g/mol. The SMILES string of the molecule is COc1ccc2c(-c3ccc4nccnc4c3)c[nH]c2n1. The molecule has 3 heterocycles. The molecule has 0 bridgehead atoms. The molecular weight excluding hydrogens is 264 g/mol. The molecule has 0 atom stereocenters. The Morgan fingerprint density at radius 3 is 2.71 bits per heavy atom. The van der Waals surface area contributed by atoms with E-state index in [4.69, 9.17) is 4.74 Å². The molecule has 5 heteroatoms. The lowest BCUT2D eigenvalue weighted by Gasteiger charge is -2.02. The quantitative estimate of drug-likeness (QED) is 0.610. The first-order valence-corrected chi connectivity index (χ1v) is 6.58. The highest BCUT2D eigenvalue weighted by molar-refractivity contribution is 5.95. The van der Waals surface area contributed by atoms with Crippen LogP contribution in [0.15, 0.2) is 48.9 Å². The molecule has 1 aromatic carbocycles. The fraction of sp³-hybridized carbons (Fsp3) is 0.0625. The lowest BCUT2D eigenvalue weighted by molar-refractivity contribution is 0.399. The summed E-state index contributed by atoms with van der Waals surface area (Å²) in [6.07, 6.45) is 5.35. The highest BCUT2D eigenvalue weighted by Crippen LogP contribution is 2.30. The van der Waals surface area contributed by atoms with Crippen molar-refractivity contribution in [3.05, 3.63) is 48.9 Å². The molecule has 0 spiro atoms. The minimum atomic E-state index is 0.597. The summed E-state index contributed by atoms with van der Waals surface area (Å²) >= 11 is 0. The molecule has 0 fully saturated rings. The van der Waals surface area contributed by atoms with Gasteiger partial charge in [0.2, 0.25) is 5.88 Å². The number of rotatable bonds is 2. The molecule has 0 aliphatic heterocycles. The van der Waals surface area contributed by atoms with E-state index in [0.29, 0.717) is 5.88 Å². The van der Waals surface area contributed by atoms with Gasteiger partial charge < -0.3 is 9.72 Å². The van der Waals surface area contributed by atoms with Crippen molar-refractivity contribution in [2.75, 3.05) is 7.11 Å². The molecule has 5 nitrogen and oxygen atoms in total. The van der Waals surface area contributed by atoms with Gasteiger partial charge in [0.15, 0.2) is 0 Å². The minimum absolute atomic E-state index is 0.597. The van der Waals surface area contributed by atoms with Crippen molar-refractivity contribution >= 4 is 22.1 Å². The standard InChI is InChI=1S/C16H12N4O/c1-21-15-5-3-11-12(9-19-16(11)20-15)10-2-4-13-14(8-10)18-7-6-17-13/h2-9H,1H3,(H,19,20). The van der Waals surface area contributed by atoms with E-state index in [0.717, 1.165) is 33.2 Å². The Morgan fingerprint density at radius 2 is 1.86 bits per heavy atom. The van der Waals surface area contributed by atoms with Gasteiger partial charge in [-0.15, -0.1) is 0 Å². The lowest BCUT2D eigenvalue weighted by Crippen LogP contribution is -1.87. The van der Waals surface area contributed by atoms with Crippen molar-refractivity contribution in [3.8, 4) is 17.0 Å². The topological polar surface area (TPSA) is 63.7 Å². The fourth-order valence-electron chi connectivity index (χ4n) is 2.47. The summed E-state index contributed by atoms with van der Waals surface area (Å²) in [5, 5.41) is 1.05. The number of aromatic nitrogens is 4. The van der Waals surface area contributed by atoms with Gasteiger partial charge >= 0.3 is 0 Å². The second-order valence-electron chi connectivity index (χ2n) is 4.71. The molecule has 1 N–H and O–H groups in total. The van der Waals surface area contributed by atoms with E-state index < -0.39 is 0 Å². The summed E-state index contributed by atoms with van der Waals surface area (Å²) in [7, 11) is 1.61. The van der Waals surface area contributed by atoms with Gasteiger partial charge in [0.1, 0.15) is 5.65 Å². The zero-order valence-electron chi connectivity index (χ0n) is 11.4. The maximum Gasteiger partial charge on any atom is 0.214 e. The first kappa shape index (κ1) is 11.8. The number of fused-ring (bicyclic) bond motifs is 2. The number of ether oxygens (including phenoxy) is 1. The van der Waals surface area contributed by atoms with Crippen molar-refractivity contribution in [2.45, 2.75) is 0 Å². The van der Waals surface area contributed by atoms with Gasteiger partial charge in [-0.05, 0) is 23.8 Å². The summed E-state index contributed by atoms with van der Waals surface area (Å²) in [6.45, 7) is 0. The van der Waals surface area contributed by atoms with E-state index in [2.05, 4.69) is 19.9 Å². The van der Waals surface area contributed by atoms with Gasteiger partial charge in [0.05, 0.1) is 18.1 Å². The van der Waals surface area contributed by atoms with Crippen LogP contribution in [0.3, 0.4) is 0 Å². The second kappa shape index (κ2) is 4.56. The molecule has 0 radical (unpaired) electrons. The first-order valence-electron chi connectivity index (χ1n) is 6.58. The van der Waals surface area contributed by atoms with Gasteiger partial charge in [0, 0.05) is 35.6 Å². The molecule has 0 unspecified atom stereocenters. The van der Waals surface area contributed by atoms with Crippen LogP contribution in [0, 0.1) is 0 Å². The van der Waals surface area contributed by atoms with Crippen LogP contribution in [0.1, 0.15) is 0 Å². The minimum Gasteiger partial charge on any atom is -0.481 e. The number of H-pyrrole nitrogens is 1. The highest BCUT2D eigenvalue weighted by Gasteiger charge is 2.09. The van der Waals surface area contributed by atoms with E-state index in [1.165, 1.54) is 0 Å². The Morgan fingerprint density at radius 1 is 1.00 bits per heavy atom. The largest absolute Gasteiger partial charge is 0.481 e. The van der Waals surface area contributed by atoms with Crippen LogP contribution in [-0.4, -0.2) is 27.0 Å². The van der Waals surface area contributed by atoms with Gasteiger partial charge in [-0.3, -0.25) is 9.97 Å². The van der Waals surface area contributed by atoms with E-state index >= 15 is 0 Å². The van der Waals surface area contributed by atoms with E-state index in [9.17, 15) is 0 Å². The molecule has 4 rings (SSSR count). The van der Waals surface area contributed by atoms with E-state index in [-0.39, 0.29) is 0 Å². The normalized spacial score (nSPS) is 11.1. The Hall–Kier alpha value is -2.95. The van der Waals surface area contributed by atoms with Gasteiger partial charge in [-0.25, -0.2) is 0 Å². The van der Waals surface area contributed by atoms with Crippen molar-refractivity contribution in [1.29, 1.82) is 0 Å². The Labute approximate surface area is 120 Å². The fourth-order valence-corrected chi connectivity index (χ4v) is 2.47. The van der Waals surface area contributed by atoms with Crippen molar-refractivity contribution < 1.29 is 4.74 Å². The molecular formula is C16H12N4O. The van der Waals surface area contributed by atoms with Crippen molar-refractivity contribution in [1.82, 2.24) is 19.9 Å². The molecule has 0 saturated heterocycles. The molecule has 0 amide bonds. The average Bonchev–Trinajstić information content (AvgIpc) is 2.97. The molecule has 102 valence electrons. The maximum atomic E-state index is 5.15. The van der Waals surface area contributed by atoms with Crippen molar-refractivity contribution in [3.63, 3.8) is 0 Å². The Bertz CT molecular complexity index is 945. The summed E-state index contributed by atoms with van der Waals surface area (Å²) in [4.78, 5) is 16.2. The summed E-state index contributed by atoms with van der Waals surface area (Å²) in [6, 6.07) is 9.93. The van der Waals surface area contributed by atoms with Crippen molar-refractivity contribution in [2.24, 2.45) is 0 Å². The third-order valence-electron chi connectivity index (χ3n) is 3.50. The van der Waals surface area contributed by atoms with E-state index in [1.54, 1.807) is 19.5 Å². The first-order chi connectivity index (χ1) is 10.3. The molecule has 4 aromatic rings. The van der Waals surface area contributed by atoms with Crippen LogP contribution in [0.5, 0.6) is 5.88 Å². The number of nitrogens with zero attached hydrogens (tertiary/aromatic N) is 3. The van der Waals surface area contributed by atoms with Gasteiger partial charge in [-0.1, -0.05) is 6.07 Å². The third kappa shape index (κ3) is 1.90. The zero-order valence-corrected chi connectivity index (χ0v) is 11.4. The maximum absolute atomic E-state index is 5.15. The Kier molecular flexibility index (Phi) is 2.57. The number of aromatic amines is 1. The number of methoxy groups -OCH3 is 1. The summed E-state index contributed by atoms with van der Waals surface area (Å²) in [5.41, 5.74) is 4.75. The summed E-state index contributed by atoms with van der Waals surface area (Å²) < 4.78 is 5.15. The highest BCUT2D eigenvalue weighted by atomic mass is 16.5. The predicted molar refractivity (Wildman–Crippen MR) is 81.2 cm³/mol. The zero-order chi connectivity index (χ0) is 14.2. The number of hydrogen-bond acceptors (Lipinski definition) is 4. The number of pyridine rings is 1. The number of hydrogen-bond donors (Lipinski definition) is 1. The van der Waals surface area contributed by atoms with Crippen LogP contribution < -0.4 is 4.74 Å².